The van der Waals surface area contributed by atoms with Crippen LogP contribution in [-0.2, 0) is 4.79 Å². The number of halogens is 1. The van der Waals surface area contributed by atoms with E-state index in [9.17, 15) is 14.0 Å². The number of nitriles is 1. The van der Waals surface area contributed by atoms with Gasteiger partial charge in [0.15, 0.2) is 0 Å². The Morgan fingerprint density at radius 1 is 1.10 bits per heavy atom. The molecule has 0 aromatic heterocycles. The van der Waals surface area contributed by atoms with Crippen LogP contribution in [0, 0.1) is 17.1 Å². The second-order valence-corrected chi connectivity index (χ2v) is 7.32. The van der Waals surface area contributed by atoms with Crippen LogP contribution in [0.2, 0.25) is 0 Å². The summed E-state index contributed by atoms with van der Waals surface area (Å²) >= 11 is 0. The van der Waals surface area contributed by atoms with Gasteiger partial charge in [-0.1, -0.05) is 18.2 Å². The van der Waals surface area contributed by atoms with Gasteiger partial charge in [0.2, 0.25) is 5.91 Å². The highest BCUT2D eigenvalue weighted by molar-refractivity contribution is 5.95. The predicted molar refractivity (Wildman–Crippen MR) is 112 cm³/mol. The summed E-state index contributed by atoms with van der Waals surface area (Å²) in [6.45, 7) is 1.88. The highest BCUT2D eigenvalue weighted by atomic mass is 19.1. The van der Waals surface area contributed by atoms with Gasteiger partial charge in [-0.2, -0.15) is 5.26 Å². The number of anilines is 1. The molecule has 0 radical (unpaired) electrons. The summed E-state index contributed by atoms with van der Waals surface area (Å²) < 4.78 is 13.2. The Labute approximate surface area is 175 Å². The molecule has 1 N–H and O–H groups in total. The maximum Gasteiger partial charge on any atom is 0.251 e. The fourth-order valence-electron chi connectivity index (χ4n) is 3.55. The second kappa shape index (κ2) is 10.5. The van der Waals surface area contributed by atoms with Gasteiger partial charge >= 0.3 is 0 Å². The van der Waals surface area contributed by atoms with Crippen LogP contribution >= 0.6 is 0 Å². The van der Waals surface area contributed by atoms with E-state index in [0.717, 1.165) is 12.8 Å². The molecule has 3 rings (SSSR count). The Hall–Kier alpha value is -3.24. The van der Waals surface area contributed by atoms with E-state index in [1.165, 1.54) is 17.0 Å². The molecule has 0 unspecified atom stereocenters. The van der Waals surface area contributed by atoms with Crippen molar-refractivity contribution in [3.05, 3.63) is 66.0 Å². The molecule has 7 heteroatoms. The fraction of sp³-hybridized carbons (Fsp3) is 0.348. The van der Waals surface area contributed by atoms with Crippen molar-refractivity contribution in [3.63, 3.8) is 0 Å². The van der Waals surface area contributed by atoms with Crippen LogP contribution in [0.15, 0.2) is 54.6 Å². The third kappa shape index (κ3) is 5.88. The van der Waals surface area contributed by atoms with E-state index in [0.29, 0.717) is 24.3 Å². The largest absolute Gasteiger partial charge is 0.349 e. The number of carbonyl (C=O) groups is 2. The Morgan fingerprint density at radius 2 is 1.77 bits per heavy atom. The number of nitrogens with zero attached hydrogens (tertiary/aromatic N) is 3. The SMILES string of the molecule is N#CCCN(C(=O)CN1CCC(NC(=O)c2ccccc2)CC1)c1ccc(F)cc1. The van der Waals surface area contributed by atoms with Gasteiger partial charge in [-0.15, -0.1) is 0 Å². The van der Waals surface area contributed by atoms with E-state index in [-0.39, 0.29) is 43.2 Å². The molecule has 0 bridgehead atoms. The average molecular weight is 408 g/mol. The Bertz CT molecular complexity index is 888. The molecule has 1 aliphatic rings. The number of likely N-dealkylation sites (tertiary alicyclic amines) is 1. The quantitative estimate of drug-likeness (QED) is 0.764. The first-order chi connectivity index (χ1) is 14.6. The zero-order valence-electron chi connectivity index (χ0n) is 16.8. The van der Waals surface area contributed by atoms with E-state index in [2.05, 4.69) is 16.3 Å². The van der Waals surface area contributed by atoms with Crippen molar-refractivity contribution in [2.24, 2.45) is 0 Å². The normalized spacial score (nSPS) is 14.7. The van der Waals surface area contributed by atoms with Crippen LogP contribution in [0.25, 0.3) is 0 Å². The maximum absolute atomic E-state index is 13.2. The van der Waals surface area contributed by atoms with Crippen LogP contribution in [-0.4, -0.2) is 48.9 Å². The summed E-state index contributed by atoms with van der Waals surface area (Å²) in [4.78, 5) is 28.7. The minimum atomic E-state index is -0.369. The van der Waals surface area contributed by atoms with Gasteiger partial charge in [0.25, 0.3) is 5.91 Å². The maximum atomic E-state index is 13.2. The van der Waals surface area contributed by atoms with Crippen molar-refractivity contribution in [2.45, 2.75) is 25.3 Å². The van der Waals surface area contributed by atoms with Gasteiger partial charge in [0.1, 0.15) is 5.82 Å². The molecule has 0 aliphatic carbocycles. The molecule has 0 atom stereocenters. The van der Waals surface area contributed by atoms with Crippen LogP contribution < -0.4 is 10.2 Å². The lowest BCUT2D eigenvalue weighted by molar-refractivity contribution is -0.120. The van der Waals surface area contributed by atoms with Crippen molar-refractivity contribution in [1.29, 1.82) is 5.26 Å². The number of piperidine rings is 1. The molecule has 1 heterocycles. The molecular weight excluding hydrogens is 383 g/mol. The molecule has 1 saturated heterocycles. The molecule has 2 amide bonds. The van der Waals surface area contributed by atoms with Crippen molar-refractivity contribution in [3.8, 4) is 6.07 Å². The highest BCUT2D eigenvalue weighted by Crippen LogP contribution is 2.17. The Morgan fingerprint density at radius 3 is 2.40 bits per heavy atom. The van der Waals surface area contributed by atoms with E-state index in [1.807, 2.05) is 18.2 Å². The highest BCUT2D eigenvalue weighted by Gasteiger charge is 2.24. The van der Waals surface area contributed by atoms with Crippen LogP contribution in [0.3, 0.4) is 0 Å². The number of hydrogen-bond acceptors (Lipinski definition) is 4. The van der Waals surface area contributed by atoms with Gasteiger partial charge < -0.3 is 10.2 Å². The molecule has 2 aromatic carbocycles. The molecule has 1 aliphatic heterocycles. The van der Waals surface area contributed by atoms with Gasteiger partial charge in [-0.05, 0) is 49.2 Å². The van der Waals surface area contributed by atoms with Crippen molar-refractivity contribution in [2.75, 3.05) is 31.1 Å². The number of hydrogen-bond donors (Lipinski definition) is 1. The standard InChI is InChI=1S/C23H25FN4O2/c24-19-7-9-21(10-8-19)28(14-4-13-25)22(29)17-27-15-11-20(12-16-27)26-23(30)18-5-2-1-3-6-18/h1-3,5-10,20H,4,11-12,14-17H2,(H,26,30). The summed E-state index contributed by atoms with van der Waals surface area (Å²) in [5.74, 6) is -0.571. The third-order valence-electron chi connectivity index (χ3n) is 5.20. The molecule has 156 valence electrons. The first-order valence-electron chi connectivity index (χ1n) is 10.1. The van der Waals surface area contributed by atoms with Crippen LogP contribution in [0.5, 0.6) is 0 Å². The molecule has 0 saturated carbocycles. The first-order valence-corrected chi connectivity index (χ1v) is 10.1. The van der Waals surface area contributed by atoms with E-state index in [1.54, 1.807) is 24.3 Å². The van der Waals surface area contributed by atoms with E-state index < -0.39 is 0 Å². The molecule has 6 nitrogen and oxygen atoms in total. The van der Waals surface area contributed by atoms with Crippen molar-refractivity contribution in [1.82, 2.24) is 10.2 Å². The number of nitrogens with one attached hydrogen (secondary N) is 1. The molecule has 1 fully saturated rings. The number of amides is 2. The summed E-state index contributed by atoms with van der Waals surface area (Å²) in [5.41, 5.74) is 1.23. The van der Waals surface area contributed by atoms with Gasteiger partial charge in [0.05, 0.1) is 19.0 Å². The monoisotopic (exact) mass is 408 g/mol. The van der Waals surface area contributed by atoms with Gasteiger partial charge in [-0.25, -0.2) is 4.39 Å². The van der Waals surface area contributed by atoms with Crippen molar-refractivity contribution >= 4 is 17.5 Å². The number of carbonyl (C=O) groups excluding carboxylic acids is 2. The predicted octanol–water partition coefficient (Wildman–Crippen LogP) is 2.97. The summed E-state index contributed by atoms with van der Waals surface area (Å²) in [6.07, 6.45) is 1.73. The second-order valence-electron chi connectivity index (χ2n) is 7.32. The Kier molecular flexibility index (Phi) is 7.52. The topological polar surface area (TPSA) is 76.4 Å². The van der Waals surface area contributed by atoms with E-state index >= 15 is 0 Å². The fourth-order valence-corrected chi connectivity index (χ4v) is 3.55. The smallest absolute Gasteiger partial charge is 0.251 e. The molecule has 0 spiro atoms. The van der Waals surface area contributed by atoms with Crippen LogP contribution in [0.4, 0.5) is 10.1 Å². The lowest BCUT2D eigenvalue weighted by atomic mass is 10.0. The average Bonchev–Trinajstić information content (AvgIpc) is 2.77. The lowest BCUT2D eigenvalue weighted by Crippen LogP contribution is -2.48. The number of benzene rings is 2. The molecule has 30 heavy (non-hydrogen) atoms. The zero-order chi connectivity index (χ0) is 21.3. The van der Waals surface area contributed by atoms with Gasteiger partial charge in [0, 0.05) is 36.9 Å². The first kappa shape index (κ1) is 21.5. The number of rotatable bonds is 7. The minimum absolute atomic E-state index is 0.0795. The van der Waals surface area contributed by atoms with Crippen LogP contribution in [0.1, 0.15) is 29.6 Å². The summed E-state index contributed by atoms with van der Waals surface area (Å²) in [7, 11) is 0. The summed E-state index contributed by atoms with van der Waals surface area (Å²) in [6, 6.07) is 17.0. The zero-order valence-corrected chi connectivity index (χ0v) is 16.8. The third-order valence-corrected chi connectivity index (χ3v) is 5.20. The van der Waals surface area contributed by atoms with Crippen molar-refractivity contribution < 1.29 is 14.0 Å². The molecule has 2 aromatic rings. The Balaban J connectivity index is 1.52. The lowest BCUT2D eigenvalue weighted by Gasteiger charge is -2.33. The molecular formula is C23H25FN4O2. The minimum Gasteiger partial charge on any atom is -0.349 e. The van der Waals surface area contributed by atoms with E-state index in [4.69, 9.17) is 5.26 Å². The summed E-state index contributed by atoms with van der Waals surface area (Å²) in [5, 5.41) is 12.0. The van der Waals surface area contributed by atoms with Gasteiger partial charge in [-0.3, -0.25) is 14.5 Å².